The standard InChI is InChI=1S/C26H22F5NO/c27-21-9-3-18(4-10-21)25(19-5-11-22(28)12-6-19)23-16-32(14-13-24(23)33)15-17-1-7-20(8-2-17)26(29,30)31/h1-12,23,25H,13-16H2. The zero-order valence-corrected chi connectivity index (χ0v) is 17.7. The maximum Gasteiger partial charge on any atom is 0.416 e. The second-order valence-corrected chi connectivity index (χ2v) is 8.33. The smallest absolute Gasteiger partial charge is 0.299 e. The maximum absolute atomic E-state index is 13.5. The predicted octanol–water partition coefficient (Wildman–Crippen LogP) is 6.21. The average molecular weight is 459 g/mol. The molecule has 1 heterocycles. The fourth-order valence-corrected chi connectivity index (χ4v) is 4.41. The van der Waals surface area contributed by atoms with Gasteiger partial charge in [-0.3, -0.25) is 9.69 Å². The van der Waals surface area contributed by atoms with E-state index >= 15 is 0 Å². The number of ketones is 1. The summed E-state index contributed by atoms with van der Waals surface area (Å²) in [7, 11) is 0. The van der Waals surface area contributed by atoms with Crippen LogP contribution in [0.15, 0.2) is 72.8 Å². The molecule has 1 aliphatic rings. The highest BCUT2D eigenvalue weighted by molar-refractivity contribution is 5.83. The minimum absolute atomic E-state index is 0.0531. The molecule has 1 aliphatic heterocycles. The summed E-state index contributed by atoms with van der Waals surface area (Å²) in [6.07, 6.45) is -4.09. The van der Waals surface area contributed by atoms with Crippen LogP contribution in [0, 0.1) is 17.6 Å². The number of Topliss-reactive ketones (excluding diaryl/α,β-unsaturated/α-hetero) is 1. The van der Waals surface area contributed by atoms with Crippen LogP contribution in [0.25, 0.3) is 0 Å². The molecule has 0 bridgehead atoms. The van der Waals surface area contributed by atoms with Crippen LogP contribution in [0.1, 0.15) is 34.6 Å². The third kappa shape index (κ3) is 5.47. The third-order valence-corrected chi connectivity index (χ3v) is 6.09. The number of hydrogen-bond donors (Lipinski definition) is 0. The van der Waals surface area contributed by atoms with Crippen molar-refractivity contribution in [1.82, 2.24) is 4.90 Å². The molecule has 1 atom stereocenters. The Labute approximate surface area is 188 Å². The summed E-state index contributed by atoms with van der Waals surface area (Å²) in [5.74, 6) is -1.58. The van der Waals surface area contributed by atoms with E-state index in [4.69, 9.17) is 0 Å². The van der Waals surface area contributed by atoms with E-state index in [0.29, 0.717) is 26.1 Å². The van der Waals surface area contributed by atoms with Crippen molar-refractivity contribution < 1.29 is 26.7 Å². The van der Waals surface area contributed by atoms with Gasteiger partial charge in [-0.1, -0.05) is 36.4 Å². The molecule has 0 saturated carbocycles. The highest BCUT2D eigenvalue weighted by Crippen LogP contribution is 2.36. The molecule has 33 heavy (non-hydrogen) atoms. The number of carbonyl (C=O) groups excluding carboxylic acids is 1. The Hall–Kier alpha value is -3.06. The van der Waals surface area contributed by atoms with Gasteiger partial charge in [0.05, 0.1) is 5.56 Å². The van der Waals surface area contributed by atoms with E-state index in [9.17, 15) is 26.7 Å². The van der Waals surface area contributed by atoms with E-state index < -0.39 is 35.2 Å². The quantitative estimate of drug-likeness (QED) is 0.423. The normalized spacial score (nSPS) is 17.5. The molecule has 1 saturated heterocycles. The van der Waals surface area contributed by atoms with E-state index in [0.717, 1.165) is 28.8 Å². The highest BCUT2D eigenvalue weighted by Gasteiger charge is 2.35. The first kappa shape index (κ1) is 23.1. The van der Waals surface area contributed by atoms with Gasteiger partial charge >= 0.3 is 6.18 Å². The van der Waals surface area contributed by atoms with Crippen molar-refractivity contribution in [1.29, 1.82) is 0 Å². The molecule has 3 aromatic carbocycles. The van der Waals surface area contributed by atoms with E-state index in [1.165, 1.54) is 36.4 Å². The summed E-state index contributed by atoms with van der Waals surface area (Å²) in [5, 5.41) is 0. The van der Waals surface area contributed by atoms with E-state index in [1.807, 2.05) is 4.90 Å². The number of likely N-dealkylation sites (tertiary alicyclic amines) is 1. The lowest BCUT2D eigenvalue weighted by molar-refractivity contribution is -0.137. The van der Waals surface area contributed by atoms with Crippen LogP contribution in [-0.2, 0) is 17.5 Å². The van der Waals surface area contributed by atoms with Crippen molar-refractivity contribution in [2.24, 2.45) is 5.92 Å². The van der Waals surface area contributed by atoms with Crippen LogP contribution in [-0.4, -0.2) is 23.8 Å². The molecule has 1 unspecified atom stereocenters. The molecule has 4 rings (SSSR count). The lowest BCUT2D eigenvalue weighted by atomic mass is 9.76. The van der Waals surface area contributed by atoms with Crippen molar-refractivity contribution in [2.45, 2.75) is 25.1 Å². The highest BCUT2D eigenvalue weighted by atomic mass is 19.4. The van der Waals surface area contributed by atoms with Gasteiger partial charge in [0.25, 0.3) is 0 Å². The Morgan fingerprint density at radius 3 is 1.82 bits per heavy atom. The van der Waals surface area contributed by atoms with Gasteiger partial charge in [0.2, 0.25) is 0 Å². The number of nitrogens with zero attached hydrogens (tertiary/aromatic N) is 1. The summed E-state index contributed by atoms with van der Waals surface area (Å²) in [6, 6.07) is 16.9. The molecule has 0 spiro atoms. The van der Waals surface area contributed by atoms with Gasteiger partial charge in [0, 0.05) is 37.9 Å². The molecule has 3 aromatic rings. The second-order valence-electron chi connectivity index (χ2n) is 8.33. The number of hydrogen-bond acceptors (Lipinski definition) is 2. The zero-order chi connectivity index (χ0) is 23.6. The van der Waals surface area contributed by atoms with Crippen LogP contribution >= 0.6 is 0 Å². The first-order valence-corrected chi connectivity index (χ1v) is 10.6. The largest absolute Gasteiger partial charge is 0.416 e. The molecule has 7 heteroatoms. The number of halogens is 5. The fraction of sp³-hybridized carbons (Fsp3) is 0.269. The van der Waals surface area contributed by atoms with Crippen LogP contribution < -0.4 is 0 Å². The molecule has 0 radical (unpaired) electrons. The Morgan fingerprint density at radius 2 is 1.33 bits per heavy atom. The molecule has 172 valence electrons. The van der Waals surface area contributed by atoms with Gasteiger partial charge in [0.1, 0.15) is 17.4 Å². The number of carbonyl (C=O) groups is 1. The summed E-state index contributed by atoms with van der Waals surface area (Å²) < 4.78 is 65.6. The molecular weight excluding hydrogens is 437 g/mol. The topological polar surface area (TPSA) is 20.3 Å². The molecule has 1 fully saturated rings. The van der Waals surface area contributed by atoms with E-state index in [1.54, 1.807) is 24.3 Å². The molecule has 0 aliphatic carbocycles. The Kier molecular flexibility index (Phi) is 6.61. The van der Waals surface area contributed by atoms with Gasteiger partial charge in [-0.2, -0.15) is 13.2 Å². The van der Waals surface area contributed by atoms with Gasteiger partial charge in [0.15, 0.2) is 0 Å². The summed E-state index contributed by atoms with van der Waals surface area (Å²) in [5.41, 5.74) is 1.51. The monoisotopic (exact) mass is 459 g/mol. The van der Waals surface area contributed by atoms with Crippen molar-refractivity contribution in [3.8, 4) is 0 Å². The van der Waals surface area contributed by atoms with Crippen molar-refractivity contribution >= 4 is 5.78 Å². The number of benzene rings is 3. The number of alkyl halides is 3. The van der Waals surface area contributed by atoms with Gasteiger partial charge in [-0.05, 0) is 53.1 Å². The minimum Gasteiger partial charge on any atom is -0.299 e. The lowest BCUT2D eigenvalue weighted by Gasteiger charge is -2.36. The SMILES string of the molecule is O=C1CCN(Cc2ccc(C(F)(F)F)cc2)CC1C(c1ccc(F)cc1)c1ccc(F)cc1. The average Bonchev–Trinajstić information content (AvgIpc) is 2.78. The molecule has 0 amide bonds. The Balaban J connectivity index is 1.59. The number of piperidine rings is 1. The van der Waals surface area contributed by atoms with Crippen molar-refractivity contribution in [3.63, 3.8) is 0 Å². The first-order chi connectivity index (χ1) is 15.7. The van der Waals surface area contributed by atoms with Gasteiger partial charge in [-0.25, -0.2) is 8.78 Å². The van der Waals surface area contributed by atoms with Crippen LogP contribution in [0.4, 0.5) is 22.0 Å². The van der Waals surface area contributed by atoms with Crippen LogP contribution in [0.2, 0.25) is 0 Å². The third-order valence-electron chi connectivity index (χ3n) is 6.09. The fourth-order valence-electron chi connectivity index (χ4n) is 4.41. The van der Waals surface area contributed by atoms with Gasteiger partial charge in [-0.15, -0.1) is 0 Å². The number of rotatable bonds is 5. The van der Waals surface area contributed by atoms with Crippen molar-refractivity contribution in [3.05, 3.63) is 107 Å². The Morgan fingerprint density at radius 1 is 0.818 bits per heavy atom. The molecule has 2 nitrogen and oxygen atoms in total. The summed E-state index contributed by atoms with van der Waals surface area (Å²) in [6.45, 7) is 1.29. The van der Waals surface area contributed by atoms with E-state index in [-0.39, 0.29) is 5.78 Å². The predicted molar refractivity (Wildman–Crippen MR) is 114 cm³/mol. The molecular formula is C26H22F5NO. The summed E-state index contributed by atoms with van der Waals surface area (Å²) >= 11 is 0. The molecule has 0 aromatic heterocycles. The van der Waals surface area contributed by atoms with Gasteiger partial charge < -0.3 is 0 Å². The first-order valence-electron chi connectivity index (χ1n) is 10.6. The molecule has 0 N–H and O–H groups in total. The summed E-state index contributed by atoms with van der Waals surface area (Å²) in [4.78, 5) is 15.0. The van der Waals surface area contributed by atoms with Crippen LogP contribution in [0.5, 0.6) is 0 Å². The van der Waals surface area contributed by atoms with E-state index in [2.05, 4.69) is 0 Å². The zero-order valence-electron chi connectivity index (χ0n) is 17.7. The minimum atomic E-state index is -4.39. The van der Waals surface area contributed by atoms with Crippen LogP contribution in [0.3, 0.4) is 0 Å². The second kappa shape index (κ2) is 9.43. The Bertz CT molecular complexity index is 1050. The lowest BCUT2D eigenvalue weighted by Crippen LogP contribution is -2.43. The maximum atomic E-state index is 13.5. The van der Waals surface area contributed by atoms with Crippen molar-refractivity contribution in [2.75, 3.05) is 13.1 Å².